The summed E-state index contributed by atoms with van der Waals surface area (Å²) in [4.78, 5) is 14.0. The highest BCUT2D eigenvalue weighted by Gasteiger charge is 2.39. The lowest BCUT2D eigenvalue weighted by atomic mass is 10.0. The number of likely N-dealkylation sites (tertiary alicyclic amines) is 1. The van der Waals surface area contributed by atoms with Crippen molar-refractivity contribution in [2.75, 3.05) is 6.61 Å². The van der Waals surface area contributed by atoms with Crippen LogP contribution in [0.15, 0.2) is 24.3 Å². The fourth-order valence-corrected chi connectivity index (χ4v) is 2.67. The number of amides is 1. The van der Waals surface area contributed by atoms with E-state index in [2.05, 4.69) is 0 Å². The van der Waals surface area contributed by atoms with Crippen LogP contribution in [-0.2, 0) is 4.74 Å². The standard InChI is InChI=1S/C16H22FNO3/c1-16(2,3)21-15(20)18-13(10-19)8-9-14(18)11-4-6-12(17)7-5-11/h4-7,13-14,19H,8-10H2,1-3H3/t13?,14-/m0/s1. The lowest BCUT2D eigenvalue weighted by Gasteiger charge is -2.32. The molecule has 0 radical (unpaired) electrons. The van der Waals surface area contributed by atoms with E-state index >= 15 is 0 Å². The second-order valence-electron chi connectivity index (χ2n) is 6.37. The van der Waals surface area contributed by atoms with E-state index in [1.165, 1.54) is 12.1 Å². The van der Waals surface area contributed by atoms with E-state index in [9.17, 15) is 14.3 Å². The van der Waals surface area contributed by atoms with Gasteiger partial charge in [-0.2, -0.15) is 0 Å². The molecule has 2 atom stereocenters. The molecule has 1 aliphatic rings. The van der Waals surface area contributed by atoms with Crippen molar-refractivity contribution >= 4 is 6.09 Å². The first-order valence-corrected chi connectivity index (χ1v) is 7.19. The molecule has 1 aliphatic heterocycles. The van der Waals surface area contributed by atoms with Crippen LogP contribution >= 0.6 is 0 Å². The van der Waals surface area contributed by atoms with Gasteiger partial charge in [0.25, 0.3) is 0 Å². The fourth-order valence-electron chi connectivity index (χ4n) is 2.67. The fraction of sp³-hybridized carbons (Fsp3) is 0.562. The zero-order chi connectivity index (χ0) is 15.6. The number of benzene rings is 1. The zero-order valence-corrected chi connectivity index (χ0v) is 12.7. The minimum Gasteiger partial charge on any atom is -0.444 e. The number of carbonyl (C=O) groups excluding carboxylic acids is 1. The largest absolute Gasteiger partial charge is 0.444 e. The number of nitrogens with zero attached hydrogens (tertiary/aromatic N) is 1. The van der Waals surface area contributed by atoms with Gasteiger partial charge in [0.15, 0.2) is 0 Å². The second kappa shape index (κ2) is 6.02. The van der Waals surface area contributed by atoms with Crippen LogP contribution in [-0.4, -0.2) is 34.3 Å². The number of hydrogen-bond donors (Lipinski definition) is 1. The topological polar surface area (TPSA) is 49.8 Å². The Labute approximate surface area is 124 Å². The van der Waals surface area contributed by atoms with Gasteiger partial charge in [0.1, 0.15) is 11.4 Å². The van der Waals surface area contributed by atoms with Gasteiger partial charge in [0, 0.05) is 0 Å². The monoisotopic (exact) mass is 295 g/mol. The molecule has 1 N–H and O–H groups in total. The van der Waals surface area contributed by atoms with Crippen molar-refractivity contribution in [3.63, 3.8) is 0 Å². The number of halogens is 1. The van der Waals surface area contributed by atoms with E-state index in [0.29, 0.717) is 6.42 Å². The number of ether oxygens (including phenoxy) is 1. The molecule has 116 valence electrons. The molecule has 1 aromatic carbocycles. The van der Waals surface area contributed by atoms with E-state index in [0.717, 1.165) is 12.0 Å². The van der Waals surface area contributed by atoms with Crippen LogP contribution in [0.25, 0.3) is 0 Å². The summed E-state index contributed by atoms with van der Waals surface area (Å²) < 4.78 is 18.5. The molecule has 1 amide bonds. The number of carbonyl (C=O) groups is 1. The highest BCUT2D eigenvalue weighted by atomic mass is 19.1. The van der Waals surface area contributed by atoms with Gasteiger partial charge in [-0.15, -0.1) is 0 Å². The molecule has 0 aromatic heterocycles. The van der Waals surface area contributed by atoms with Gasteiger partial charge in [-0.25, -0.2) is 9.18 Å². The van der Waals surface area contributed by atoms with Crippen LogP contribution in [0.1, 0.15) is 45.2 Å². The summed E-state index contributed by atoms with van der Waals surface area (Å²) in [6.07, 6.45) is 1.00. The molecule has 0 saturated carbocycles. The van der Waals surface area contributed by atoms with Crippen molar-refractivity contribution in [2.45, 2.75) is 51.3 Å². The summed E-state index contributed by atoms with van der Waals surface area (Å²) in [5, 5.41) is 9.48. The maximum Gasteiger partial charge on any atom is 0.411 e. The van der Waals surface area contributed by atoms with E-state index < -0.39 is 11.7 Å². The molecule has 1 aromatic rings. The van der Waals surface area contributed by atoms with Crippen molar-refractivity contribution in [2.24, 2.45) is 0 Å². The van der Waals surface area contributed by atoms with E-state index in [1.54, 1.807) is 17.0 Å². The molecule has 0 spiro atoms. The summed E-state index contributed by atoms with van der Waals surface area (Å²) >= 11 is 0. The number of aliphatic hydroxyl groups excluding tert-OH is 1. The van der Waals surface area contributed by atoms with Crippen LogP contribution < -0.4 is 0 Å². The number of aliphatic hydroxyl groups is 1. The quantitative estimate of drug-likeness (QED) is 0.911. The third-order valence-electron chi connectivity index (χ3n) is 3.57. The lowest BCUT2D eigenvalue weighted by Crippen LogP contribution is -2.42. The van der Waals surface area contributed by atoms with E-state index in [-0.39, 0.29) is 24.5 Å². The molecule has 21 heavy (non-hydrogen) atoms. The van der Waals surface area contributed by atoms with Gasteiger partial charge < -0.3 is 9.84 Å². The van der Waals surface area contributed by atoms with Crippen LogP contribution in [0.2, 0.25) is 0 Å². The maximum absolute atomic E-state index is 13.0. The highest BCUT2D eigenvalue weighted by molar-refractivity contribution is 5.70. The molecule has 1 fully saturated rings. The summed E-state index contributed by atoms with van der Waals surface area (Å²) in [6.45, 7) is 5.32. The predicted molar refractivity (Wildman–Crippen MR) is 77.3 cm³/mol. The molecule has 0 aliphatic carbocycles. The SMILES string of the molecule is CC(C)(C)OC(=O)N1C(CO)CC[C@H]1c1ccc(F)cc1. The van der Waals surface area contributed by atoms with E-state index in [1.807, 2.05) is 20.8 Å². The van der Waals surface area contributed by atoms with Gasteiger partial charge in [0.05, 0.1) is 18.7 Å². The Morgan fingerprint density at radius 1 is 1.33 bits per heavy atom. The van der Waals surface area contributed by atoms with Crippen LogP contribution in [0.4, 0.5) is 9.18 Å². The zero-order valence-electron chi connectivity index (χ0n) is 12.7. The van der Waals surface area contributed by atoms with Crippen molar-refractivity contribution in [1.29, 1.82) is 0 Å². The molecular weight excluding hydrogens is 273 g/mol. The predicted octanol–water partition coefficient (Wildman–Crippen LogP) is 3.26. The minimum absolute atomic E-state index is 0.100. The normalized spacial score (nSPS) is 22.4. The minimum atomic E-state index is -0.590. The third-order valence-corrected chi connectivity index (χ3v) is 3.57. The smallest absolute Gasteiger partial charge is 0.411 e. The average molecular weight is 295 g/mol. The lowest BCUT2D eigenvalue weighted by molar-refractivity contribution is 0.00868. The number of hydrogen-bond acceptors (Lipinski definition) is 3. The molecule has 1 saturated heterocycles. The summed E-state index contributed by atoms with van der Waals surface area (Å²) in [6, 6.07) is 5.69. The third kappa shape index (κ3) is 3.73. The Morgan fingerprint density at radius 2 is 1.95 bits per heavy atom. The Kier molecular flexibility index (Phi) is 4.52. The van der Waals surface area contributed by atoms with Crippen LogP contribution in [0.3, 0.4) is 0 Å². The van der Waals surface area contributed by atoms with Crippen molar-refractivity contribution in [1.82, 2.24) is 4.90 Å². The molecule has 1 unspecified atom stereocenters. The van der Waals surface area contributed by atoms with Crippen molar-refractivity contribution < 1.29 is 19.0 Å². The maximum atomic E-state index is 13.0. The Morgan fingerprint density at radius 3 is 2.48 bits per heavy atom. The van der Waals surface area contributed by atoms with E-state index in [4.69, 9.17) is 4.74 Å². The Hall–Kier alpha value is -1.62. The Balaban J connectivity index is 2.23. The first kappa shape index (κ1) is 15.8. The van der Waals surface area contributed by atoms with Gasteiger partial charge >= 0.3 is 6.09 Å². The number of rotatable bonds is 2. The molecule has 1 heterocycles. The van der Waals surface area contributed by atoms with Crippen LogP contribution in [0, 0.1) is 5.82 Å². The first-order chi connectivity index (χ1) is 9.81. The highest BCUT2D eigenvalue weighted by Crippen LogP contribution is 2.37. The van der Waals surface area contributed by atoms with Crippen molar-refractivity contribution in [3.8, 4) is 0 Å². The van der Waals surface area contributed by atoms with Crippen molar-refractivity contribution in [3.05, 3.63) is 35.6 Å². The summed E-state index contributed by atoms with van der Waals surface area (Å²) in [5.74, 6) is -0.306. The average Bonchev–Trinajstić information content (AvgIpc) is 2.81. The van der Waals surface area contributed by atoms with Gasteiger partial charge in [0.2, 0.25) is 0 Å². The summed E-state index contributed by atoms with van der Waals surface area (Å²) in [5.41, 5.74) is 0.269. The molecule has 5 heteroatoms. The second-order valence-corrected chi connectivity index (χ2v) is 6.37. The first-order valence-electron chi connectivity index (χ1n) is 7.19. The molecule has 2 rings (SSSR count). The van der Waals surface area contributed by atoms with Crippen LogP contribution in [0.5, 0.6) is 0 Å². The summed E-state index contributed by atoms with van der Waals surface area (Å²) in [7, 11) is 0. The molecule has 4 nitrogen and oxygen atoms in total. The van der Waals surface area contributed by atoms with Gasteiger partial charge in [-0.1, -0.05) is 12.1 Å². The van der Waals surface area contributed by atoms with Gasteiger partial charge in [-0.05, 0) is 51.3 Å². The molecular formula is C16H22FNO3. The molecule has 0 bridgehead atoms. The van der Waals surface area contributed by atoms with Gasteiger partial charge in [-0.3, -0.25) is 4.90 Å². The Bertz CT molecular complexity index is 495.